The molecule has 30 heavy (non-hydrogen) atoms. The molecule has 0 N–H and O–H groups in total. The van der Waals surface area contributed by atoms with Crippen LogP contribution in [0.25, 0.3) is 0 Å². The minimum Gasteiger partial charge on any atom is -0.454 e. The van der Waals surface area contributed by atoms with E-state index < -0.39 is 42.7 Å². The number of esters is 1. The number of carbonyl (C=O) groups excluding carboxylic acids is 4. The SMILES string of the molecule is N#CCCN(C(=O)COC(=O)CN1C(=O)c2ccccc2C1=O)c1ccccc1F. The number of nitrogens with zero attached hydrogens (tertiary/aromatic N) is 3. The van der Waals surface area contributed by atoms with Gasteiger partial charge in [-0.3, -0.25) is 24.1 Å². The first-order chi connectivity index (χ1) is 14.4. The van der Waals surface area contributed by atoms with Gasteiger partial charge in [0.2, 0.25) is 0 Å². The molecule has 0 fully saturated rings. The molecule has 0 aromatic heterocycles. The zero-order valence-electron chi connectivity index (χ0n) is 15.7. The van der Waals surface area contributed by atoms with Crippen LogP contribution in [0.1, 0.15) is 27.1 Å². The molecule has 0 radical (unpaired) electrons. The zero-order valence-corrected chi connectivity index (χ0v) is 15.7. The lowest BCUT2D eigenvalue weighted by Gasteiger charge is -2.22. The predicted molar refractivity (Wildman–Crippen MR) is 102 cm³/mol. The Morgan fingerprint density at radius 3 is 2.23 bits per heavy atom. The van der Waals surface area contributed by atoms with Gasteiger partial charge < -0.3 is 9.64 Å². The Morgan fingerprint density at radius 1 is 1.03 bits per heavy atom. The third-order valence-electron chi connectivity index (χ3n) is 4.41. The molecule has 1 aliphatic heterocycles. The number of anilines is 1. The molecule has 9 heteroatoms. The average Bonchev–Trinajstić information content (AvgIpc) is 2.99. The van der Waals surface area contributed by atoms with Gasteiger partial charge in [0, 0.05) is 6.54 Å². The van der Waals surface area contributed by atoms with Crippen LogP contribution in [-0.2, 0) is 14.3 Å². The first-order valence-corrected chi connectivity index (χ1v) is 8.96. The topological polar surface area (TPSA) is 108 Å². The van der Waals surface area contributed by atoms with E-state index in [0.29, 0.717) is 0 Å². The average molecular weight is 409 g/mol. The molecular weight excluding hydrogens is 393 g/mol. The second kappa shape index (κ2) is 8.96. The molecule has 0 bridgehead atoms. The lowest BCUT2D eigenvalue weighted by molar-refractivity contribution is -0.148. The molecule has 0 atom stereocenters. The van der Waals surface area contributed by atoms with Crippen molar-refractivity contribution in [2.45, 2.75) is 6.42 Å². The molecule has 0 unspecified atom stereocenters. The molecule has 1 aliphatic rings. The van der Waals surface area contributed by atoms with Crippen molar-refractivity contribution in [3.63, 3.8) is 0 Å². The van der Waals surface area contributed by atoms with E-state index in [0.717, 1.165) is 15.9 Å². The third-order valence-corrected chi connectivity index (χ3v) is 4.41. The molecule has 0 spiro atoms. The normalized spacial score (nSPS) is 12.3. The Balaban J connectivity index is 1.63. The molecule has 8 nitrogen and oxygen atoms in total. The number of benzene rings is 2. The van der Waals surface area contributed by atoms with Crippen molar-refractivity contribution in [1.82, 2.24) is 4.90 Å². The summed E-state index contributed by atoms with van der Waals surface area (Å²) >= 11 is 0. The summed E-state index contributed by atoms with van der Waals surface area (Å²) in [5.74, 6) is -3.62. The highest BCUT2D eigenvalue weighted by Gasteiger charge is 2.36. The Hall–Kier alpha value is -4.06. The van der Waals surface area contributed by atoms with E-state index in [9.17, 15) is 23.6 Å². The van der Waals surface area contributed by atoms with Gasteiger partial charge in [-0.25, -0.2) is 4.39 Å². The van der Waals surface area contributed by atoms with Gasteiger partial charge in [0.15, 0.2) is 6.61 Å². The smallest absolute Gasteiger partial charge is 0.326 e. The van der Waals surface area contributed by atoms with Gasteiger partial charge in [-0.1, -0.05) is 24.3 Å². The van der Waals surface area contributed by atoms with Gasteiger partial charge in [-0.05, 0) is 24.3 Å². The molecule has 2 aromatic carbocycles. The summed E-state index contributed by atoms with van der Waals surface area (Å²) in [7, 11) is 0. The second-order valence-electron chi connectivity index (χ2n) is 6.31. The van der Waals surface area contributed by atoms with E-state index in [2.05, 4.69) is 0 Å². The van der Waals surface area contributed by atoms with Gasteiger partial charge in [0.05, 0.1) is 29.3 Å². The van der Waals surface area contributed by atoms with Crippen LogP contribution >= 0.6 is 0 Å². The lowest BCUT2D eigenvalue weighted by Crippen LogP contribution is -2.39. The Labute approximate surface area is 171 Å². The monoisotopic (exact) mass is 409 g/mol. The molecule has 0 aliphatic carbocycles. The molecule has 2 aromatic rings. The number of hydrogen-bond donors (Lipinski definition) is 0. The first kappa shape index (κ1) is 20.7. The molecule has 3 rings (SSSR count). The molecule has 1 heterocycles. The highest BCUT2D eigenvalue weighted by molar-refractivity contribution is 6.22. The number of para-hydroxylation sites is 1. The van der Waals surface area contributed by atoms with E-state index in [-0.39, 0.29) is 29.8 Å². The summed E-state index contributed by atoms with van der Waals surface area (Å²) in [6, 6.07) is 13.5. The van der Waals surface area contributed by atoms with Crippen molar-refractivity contribution in [3.8, 4) is 6.07 Å². The van der Waals surface area contributed by atoms with Gasteiger partial charge in [0.1, 0.15) is 12.4 Å². The van der Waals surface area contributed by atoms with E-state index in [1.165, 1.54) is 30.3 Å². The Kier molecular flexibility index (Phi) is 6.17. The maximum atomic E-state index is 14.0. The van der Waals surface area contributed by atoms with Crippen molar-refractivity contribution < 1.29 is 28.3 Å². The van der Waals surface area contributed by atoms with Crippen LogP contribution in [0.15, 0.2) is 48.5 Å². The Morgan fingerprint density at radius 2 is 1.63 bits per heavy atom. The van der Waals surface area contributed by atoms with Crippen LogP contribution in [-0.4, -0.2) is 48.3 Å². The number of rotatable bonds is 7. The van der Waals surface area contributed by atoms with Crippen LogP contribution in [0.5, 0.6) is 0 Å². The minimum atomic E-state index is -0.966. The summed E-state index contributed by atoms with van der Waals surface area (Å²) < 4.78 is 18.9. The van der Waals surface area contributed by atoms with Crippen LogP contribution in [0.4, 0.5) is 10.1 Å². The van der Waals surface area contributed by atoms with Gasteiger partial charge in [0.25, 0.3) is 17.7 Å². The van der Waals surface area contributed by atoms with Crippen molar-refractivity contribution >= 4 is 29.4 Å². The molecular formula is C21H16FN3O5. The van der Waals surface area contributed by atoms with E-state index in [4.69, 9.17) is 10.00 Å². The zero-order chi connectivity index (χ0) is 21.7. The van der Waals surface area contributed by atoms with Crippen LogP contribution < -0.4 is 4.90 Å². The van der Waals surface area contributed by atoms with Gasteiger partial charge in [-0.15, -0.1) is 0 Å². The number of carbonyl (C=O) groups is 4. The first-order valence-electron chi connectivity index (χ1n) is 8.96. The van der Waals surface area contributed by atoms with E-state index in [1.807, 2.05) is 6.07 Å². The molecule has 0 saturated carbocycles. The number of fused-ring (bicyclic) bond motifs is 1. The van der Waals surface area contributed by atoms with Crippen LogP contribution in [0, 0.1) is 17.1 Å². The fourth-order valence-electron chi connectivity index (χ4n) is 2.99. The van der Waals surface area contributed by atoms with Crippen molar-refractivity contribution in [2.75, 3.05) is 24.6 Å². The summed E-state index contributed by atoms with van der Waals surface area (Å²) in [4.78, 5) is 50.9. The Bertz CT molecular complexity index is 1030. The maximum absolute atomic E-state index is 14.0. The standard InChI is InChI=1S/C21H16FN3O5/c22-16-8-3-4-9-17(16)24(11-5-10-23)18(26)13-30-19(27)12-25-20(28)14-6-1-2-7-15(14)21(25)29/h1-4,6-9H,5,11-13H2. The quantitative estimate of drug-likeness (QED) is 0.511. The summed E-state index contributed by atoms with van der Waals surface area (Å²) in [5.41, 5.74) is 0.330. The van der Waals surface area contributed by atoms with Crippen molar-refractivity contribution in [1.29, 1.82) is 5.26 Å². The molecule has 3 amide bonds. The van der Waals surface area contributed by atoms with E-state index >= 15 is 0 Å². The van der Waals surface area contributed by atoms with Crippen LogP contribution in [0.2, 0.25) is 0 Å². The number of nitriles is 1. The van der Waals surface area contributed by atoms with Crippen molar-refractivity contribution in [3.05, 3.63) is 65.5 Å². The van der Waals surface area contributed by atoms with Gasteiger partial charge >= 0.3 is 5.97 Å². The number of hydrogen-bond acceptors (Lipinski definition) is 6. The summed E-state index contributed by atoms with van der Waals surface area (Å²) in [6.45, 7) is -1.48. The summed E-state index contributed by atoms with van der Waals surface area (Å²) in [5, 5.41) is 8.78. The number of amides is 3. The number of ether oxygens (including phenoxy) is 1. The van der Waals surface area contributed by atoms with Gasteiger partial charge in [-0.2, -0.15) is 5.26 Å². The van der Waals surface area contributed by atoms with E-state index in [1.54, 1.807) is 12.1 Å². The highest BCUT2D eigenvalue weighted by atomic mass is 19.1. The molecule has 152 valence electrons. The fourth-order valence-corrected chi connectivity index (χ4v) is 2.99. The predicted octanol–water partition coefficient (Wildman–Crippen LogP) is 1.91. The molecule has 0 saturated heterocycles. The minimum absolute atomic E-state index is 0.0471. The maximum Gasteiger partial charge on any atom is 0.326 e. The van der Waals surface area contributed by atoms with Crippen LogP contribution in [0.3, 0.4) is 0 Å². The third kappa shape index (κ3) is 4.17. The second-order valence-corrected chi connectivity index (χ2v) is 6.31. The number of halogens is 1. The number of imide groups is 1. The highest BCUT2D eigenvalue weighted by Crippen LogP contribution is 2.22. The van der Waals surface area contributed by atoms with Crippen molar-refractivity contribution in [2.24, 2.45) is 0 Å². The lowest BCUT2D eigenvalue weighted by atomic mass is 10.1. The fraction of sp³-hybridized carbons (Fsp3) is 0.190. The summed E-state index contributed by atoms with van der Waals surface area (Å²) in [6.07, 6.45) is -0.0525. The largest absolute Gasteiger partial charge is 0.454 e.